The zero-order chi connectivity index (χ0) is 8.97. The molecule has 0 amide bonds. The Morgan fingerprint density at radius 3 is 2.92 bits per heavy atom. The van der Waals surface area contributed by atoms with Crippen LogP contribution in [0.1, 0.15) is 5.69 Å². The third-order valence-electron chi connectivity index (χ3n) is 1.19. The molecule has 68 valence electrons. The fraction of sp³-hybridized carbons (Fsp3) is 0.667. The average molecular weight is 177 g/mol. The summed E-state index contributed by atoms with van der Waals surface area (Å²) in [5.41, 5.74) is 0.757. The monoisotopic (exact) mass is 177 g/mol. The molecule has 0 aliphatic heterocycles. The van der Waals surface area contributed by atoms with E-state index in [1.807, 2.05) is 0 Å². The Labute approximate surface area is 68.1 Å². The fourth-order valence-corrected chi connectivity index (χ4v) is 0.715. The molecule has 0 unspecified atom stereocenters. The van der Waals surface area contributed by atoms with Gasteiger partial charge < -0.3 is 4.74 Å². The smallest absolute Gasteiger partial charge is 0.321 e. The number of rotatable bonds is 4. The Kier molecular flexibility index (Phi) is 3.09. The Hall–Kier alpha value is -1.04. The van der Waals surface area contributed by atoms with Crippen LogP contribution in [0, 0.1) is 6.92 Å². The molecule has 0 radical (unpaired) electrons. The number of halogens is 2. The molecule has 0 saturated heterocycles. The molecule has 12 heavy (non-hydrogen) atoms. The Morgan fingerprint density at radius 2 is 2.42 bits per heavy atom. The molecule has 0 atom stereocenters. The van der Waals surface area contributed by atoms with Gasteiger partial charge in [0.15, 0.2) is 0 Å². The Bertz CT molecular complexity index is 238. The maximum atomic E-state index is 11.5. The first-order chi connectivity index (χ1) is 5.68. The van der Waals surface area contributed by atoms with Gasteiger partial charge in [0.1, 0.15) is 0 Å². The highest BCUT2D eigenvalue weighted by Gasteiger charge is 2.01. The minimum Gasteiger partial charge on any atom is -0.321 e. The predicted octanol–water partition coefficient (Wildman–Crippen LogP) is 0.826. The summed E-state index contributed by atoms with van der Waals surface area (Å²) in [5.74, 6) is 0. The van der Waals surface area contributed by atoms with Crippen molar-refractivity contribution in [2.75, 3.05) is 6.61 Å². The van der Waals surface area contributed by atoms with Crippen LogP contribution < -0.4 is 0 Å². The van der Waals surface area contributed by atoms with E-state index >= 15 is 0 Å². The van der Waals surface area contributed by atoms with E-state index in [0.717, 1.165) is 5.69 Å². The van der Waals surface area contributed by atoms with E-state index in [1.165, 1.54) is 4.80 Å². The zero-order valence-electron chi connectivity index (χ0n) is 6.57. The molecular weight excluding hydrogens is 168 g/mol. The van der Waals surface area contributed by atoms with Gasteiger partial charge in [-0.25, -0.2) is 0 Å². The Morgan fingerprint density at radius 1 is 1.67 bits per heavy atom. The lowest BCUT2D eigenvalue weighted by Gasteiger charge is -2.00. The van der Waals surface area contributed by atoms with Gasteiger partial charge in [0.2, 0.25) is 0 Å². The lowest BCUT2D eigenvalue weighted by Crippen LogP contribution is -2.11. The van der Waals surface area contributed by atoms with Crippen LogP contribution >= 0.6 is 0 Å². The molecule has 0 spiro atoms. The maximum absolute atomic E-state index is 11.5. The van der Waals surface area contributed by atoms with E-state index in [-0.39, 0.29) is 13.2 Å². The molecule has 0 aliphatic rings. The lowest BCUT2D eigenvalue weighted by atomic mass is 10.6. The summed E-state index contributed by atoms with van der Waals surface area (Å²) < 4.78 is 27.0. The van der Waals surface area contributed by atoms with E-state index in [4.69, 9.17) is 0 Å². The minimum atomic E-state index is -2.72. The lowest BCUT2D eigenvalue weighted by molar-refractivity contribution is -0.131. The molecule has 1 aromatic heterocycles. The first kappa shape index (κ1) is 9.05. The van der Waals surface area contributed by atoms with E-state index in [0.29, 0.717) is 0 Å². The first-order valence-corrected chi connectivity index (χ1v) is 3.45. The molecule has 1 heterocycles. The van der Waals surface area contributed by atoms with Crippen LogP contribution in [0.25, 0.3) is 0 Å². The summed E-state index contributed by atoms with van der Waals surface area (Å²) in [6, 6.07) is 0. The quantitative estimate of drug-likeness (QED) is 0.683. The van der Waals surface area contributed by atoms with Crippen molar-refractivity contribution in [3.05, 3.63) is 11.9 Å². The summed E-state index contributed by atoms with van der Waals surface area (Å²) in [6.07, 6.45) is 1.56. The zero-order valence-corrected chi connectivity index (χ0v) is 6.57. The molecule has 0 aromatic carbocycles. The van der Waals surface area contributed by atoms with E-state index in [9.17, 15) is 8.78 Å². The summed E-state index contributed by atoms with van der Waals surface area (Å²) >= 11 is 0. The molecule has 0 bridgehead atoms. The topological polar surface area (TPSA) is 39.9 Å². The molecule has 0 aliphatic carbocycles. The second-order valence-electron chi connectivity index (χ2n) is 2.21. The first-order valence-electron chi connectivity index (χ1n) is 3.45. The summed E-state index contributed by atoms with van der Waals surface area (Å²) in [5, 5.41) is 7.68. The van der Waals surface area contributed by atoms with Crippen LogP contribution in [-0.4, -0.2) is 28.2 Å². The summed E-state index contributed by atoms with van der Waals surface area (Å²) in [7, 11) is 0. The summed E-state index contributed by atoms with van der Waals surface area (Å²) in [4.78, 5) is 1.32. The van der Waals surface area contributed by atoms with Crippen molar-refractivity contribution < 1.29 is 13.5 Å². The van der Waals surface area contributed by atoms with Crippen LogP contribution in [0.4, 0.5) is 8.78 Å². The normalized spacial score (nSPS) is 11.0. The van der Waals surface area contributed by atoms with E-state index in [1.54, 1.807) is 13.1 Å². The van der Waals surface area contributed by atoms with Gasteiger partial charge in [-0.05, 0) is 6.92 Å². The van der Waals surface area contributed by atoms with Crippen LogP contribution in [0.5, 0.6) is 0 Å². The highest BCUT2D eigenvalue weighted by Crippen LogP contribution is 1.94. The molecule has 0 fully saturated rings. The molecule has 1 rings (SSSR count). The highest BCUT2D eigenvalue weighted by atomic mass is 19.3. The van der Waals surface area contributed by atoms with Crippen molar-refractivity contribution in [2.45, 2.75) is 20.1 Å². The second kappa shape index (κ2) is 4.10. The molecule has 0 N–H and O–H groups in total. The number of ether oxygens (including phenoxy) is 1. The molecule has 0 saturated carbocycles. The van der Waals surface area contributed by atoms with Crippen molar-refractivity contribution in [3.63, 3.8) is 0 Å². The van der Waals surface area contributed by atoms with Crippen molar-refractivity contribution in [2.24, 2.45) is 0 Å². The number of hydrogen-bond donors (Lipinski definition) is 0. The maximum Gasteiger partial charge on any atom is 0.345 e. The van der Waals surface area contributed by atoms with Gasteiger partial charge >= 0.3 is 6.61 Å². The number of aryl methyl sites for hydroxylation is 1. The number of nitrogens with zero attached hydrogens (tertiary/aromatic N) is 3. The Balaban J connectivity index is 2.24. The molecular formula is C6H9F2N3O. The van der Waals surface area contributed by atoms with E-state index < -0.39 is 6.61 Å². The van der Waals surface area contributed by atoms with E-state index in [2.05, 4.69) is 14.9 Å². The van der Waals surface area contributed by atoms with Crippen LogP contribution in [0.3, 0.4) is 0 Å². The van der Waals surface area contributed by atoms with Gasteiger partial charge in [-0.1, -0.05) is 0 Å². The third kappa shape index (κ3) is 2.91. The van der Waals surface area contributed by atoms with Crippen LogP contribution in [0.15, 0.2) is 6.20 Å². The predicted molar refractivity (Wildman–Crippen MR) is 36.7 cm³/mol. The van der Waals surface area contributed by atoms with Gasteiger partial charge in [-0.3, -0.25) is 0 Å². The SMILES string of the molecule is Cc1cnn(CCOC(F)F)n1. The van der Waals surface area contributed by atoms with Crippen molar-refractivity contribution in [1.29, 1.82) is 0 Å². The standard InChI is InChI=1S/C6H9F2N3O/c1-5-4-9-11(10-5)2-3-12-6(7)8/h4,6H,2-3H2,1H3. The van der Waals surface area contributed by atoms with Gasteiger partial charge in [-0.15, -0.1) is 0 Å². The molecule has 6 heteroatoms. The van der Waals surface area contributed by atoms with Crippen molar-refractivity contribution >= 4 is 0 Å². The molecule has 4 nitrogen and oxygen atoms in total. The van der Waals surface area contributed by atoms with Crippen LogP contribution in [0.2, 0.25) is 0 Å². The highest BCUT2D eigenvalue weighted by molar-refractivity contribution is 4.84. The van der Waals surface area contributed by atoms with Gasteiger partial charge in [-0.2, -0.15) is 23.8 Å². The fourth-order valence-electron chi connectivity index (χ4n) is 0.715. The summed E-state index contributed by atoms with van der Waals surface area (Å²) in [6.45, 7) is -0.775. The average Bonchev–Trinajstić information content (AvgIpc) is 2.35. The molecule has 1 aromatic rings. The van der Waals surface area contributed by atoms with Crippen molar-refractivity contribution in [1.82, 2.24) is 15.0 Å². The van der Waals surface area contributed by atoms with Gasteiger partial charge in [0, 0.05) is 0 Å². The number of aromatic nitrogens is 3. The largest absolute Gasteiger partial charge is 0.345 e. The minimum absolute atomic E-state index is 0.0776. The van der Waals surface area contributed by atoms with Crippen molar-refractivity contribution in [3.8, 4) is 0 Å². The number of hydrogen-bond acceptors (Lipinski definition) is 3. The third-order valence-corrected chi connectivity index (χ3v) is 1.19. The van der Waals surface area contributed by atoms with Gasteiger partial charge in [0.05, 0.1) is 25.0 Å². The van der Waals surface area contributed by atoms with Gasteiger partial charge in [0.25, 0.3) is 0 Å². The van der Waals surface area contributed by atoms with Crippen LogP contribution in [-0.2, 0) is 11.3 Å². The number of alkyl halides is 2. The second-order valence-corrected chi connectivity index (χ2v) is 2.21.